The summed E-state index contributed by atoms with van der Waals surface area (Å²) < 4.78 is 11.0. The van der Waals surface area contributed by atoms with E-state index >= 15 is 0 Å². The minimum Gasteiger partial charge on any atom is -0.378 e. The maximum absolute atomic E-state index is 11.2. The molecule has 0 aromatic heterocycles. The number of para-hydroxylation sites is 1. The van der Waals surface area contributed by atoms with Crippen molar-refractivity contribution in [1.29, 1.82) is 0 Å². The Hall–Kier alpha value is -1.43. The van der Waals surface area contributed by atoms with Crippen molar-refractivity contribution in [3.8, 4) is 0 Å². The Morgan fingerprint density at radius 1 is 1.45 bits per heavy atom. The lowest BCUT2D eigenvalue weighted by atomic mass is 10.0. The van der Waals surface area contributed by atoms with Gasteiger partial charge in [0.05, 0.1) is 6.61 Å². The molecular weight excluding hydrogens is 256 g/mol. The lowest BCUT2D eigenvalue weighted by molar-refractivity contribution is -0.114. The zero-order valence-electron chi connectivity index (χ0n) is 12.1. The van der Waals surface area contributed by atoms with E-state index in [0.717, 1.165) is 30.8 Å². The van der Waals surface area contributed by atoms with E-state index in [1.165, 1.54) is 6.92 Å². The fraction of sp³-hybridized carbons (Fsp3) is 0.533. The Balaban J connectivity index is 1.92. The van der Waals surface area contributed by atoms with Gasteiger partial charge in [0.2, 0.25) is 5.91 Å². The molecule has 1 aromatic rings. The Labute approximate surface area is 119 Å². The first-order chi connectivity index (χ1) is 9.65. The molecule has 0 bridgehead atoms. The van der Waals surface area contributed by atoms with Gasteiger partial charge in [-0.3, -0.25) is 4.79 Å². The minimum atomic E-state index is -0.219. The topological polar surface area (TPSA) is 59.6 Å². The van der Waals surface area contributed by atoms with Gasteiger partial charge in [-0.25, -0.2) is 0 Å². The second-order valence-corrected chi connectivity index (χ2v) is 5.13. The number of amides is 1. The Morgan fingerprint density at radius 2 is 2.25 bits per heavy atom. The molecule has 110 valence electrons. The van der Waals surface area contributed by atoms with Crippen molar-refractivity contribution in [3.63, 3.8) is 0 Å². The average molecular weight is 278 g/mol. The molecule has 0 aliphatic carbocycles. The van der Waals surface area contributed by atoms with Crippen molar-refractivity contribution in [2.45, 2.75) is 25.5 Å². The molecule has 1 saturated heterocycles. The summed E-state index contributed by atoms with van der Waals surface area (Å²) in [6.45, 7) is 4.31. The third-order valence-electron chi connectivity index (χ3n) is 3.59. The Bertz CT molecular complexity index is 456. The van der Waals surface area contributed by atoms with Gasteiger partial charge in [0.15, 0.2) is 0 Å². The molecule has 5 nitrogen and oxygen atoms in total. The standard InChI is InChI=1S/C15H22N2O3/c1-12(18)17-14-6-4-3-5-13(14)9-16-10-15(19-2)7-8-20-11-15/h3-6,16H,7-11H2,1-2H3,(H,17,18). The van der Waals surface area contributed by atoms with Gasteiger partial charge in [-0.1, -0.05) is 18.2 Å². The molecule has 1 aliphatic heterocycles. The van der Waals surface area contributed by atoms with Gasteiger partial charge in [0, 0.05) is 45.8 Å². The molecular formula is C15H22N2O3. The number of hydrogen-bond donors (Lipinski definition) is 2. The number of nitrogens with one attached hydrogen (secondary N) is 2. The first kappa shape index (κ1) is 15.0. The summed E-state index contributed by atoms with van der Waals surface area (Å²) in [4.78, 5) is 11.2. The normalized spacial score (nSPS) is 21.9. The molecule has 20 heavy (non-hydrogen) atoms. The predicted octanol–water partition coefficient (Wildman–Crippen LogP) is 1.54. The van der Waals surface area contributed by atoms with Crippen LogP contribution in [0.15, 0.2) is 24.3 Å². The molecule has 1 heterocycles. The maximum Gasteiger partial charge on any atom is 0.221 e. The second-order valence-electron chi connectivity index (χ2n) is 5.13. The second kappa shape index (κ2) is 6.83. The number of carbonyl (C=O) groups excluding carboxylic acids is 1. The number of benzene rings is 1. The van der Waals surface area contributed by atoms with Crippen LogP contribution >= 0.6 is 0 Å². The fourth-order valence-corrected chi connectivity index (χ4v) is 2.37. The van der Waals surface area contributed by atoms with Crippen molar-refractivity contribution < 1.29 is 14.3 Å². The number of anilines is 1. The largest absolute Gasteiger partial charge is 0.378 e. The van der Waals surface area contributed by atoms with Crippen LogP contribution in [0.5, 0.6) is 0 Å². The van der Waals surface area contributed by atoms with E-state index in [0.29, 0.717) is 13.2 Å². The van der Waals surface area contributed by atoms with Crippen LogP contribution in [0.25, 0.3) is 0 Å². The lowest BCUT2D eigenvalue weighted by Crippen LogP contribution is -2.42. The maximum atomic E-state index is 11.2. The van der Waals surface area contributed by atoms with Crippen LogP contribution in [0.4, 0.5) is 5.69 Å². The molecule has 1 fully saturated rings. The molecule has 2 rings (SSSR count). The van der Waals surface area contributed by atoms with Gasteiger partial charge in [-0.05, 0) is 11.6 Å². The van der Waals surface area contributed by atoms with Crippen LogP contribution in [0, 0.1) is 0 Å². The summed E-state index contributed by atoms with van der Waals surface area (Å²) >= 11 is 0. The average Bonchev–Trinajstić information content (AvgIpc) is 2.89. The molecule has 1 aliphatic rings. The van der Waals surface area contributed by atoms with Gasteiger partial charge in [0.1, 0.15) is 5.60 Å². The lowest BCUT2D eigenvalue weighted by Gasteiger charge is -2.26. The molecule has 0 saturated carbocycles. The van der Waals surface area contributed by atoms with Crippen LogP contribution in [0.2, 0.25) is 0 Å². The molecule has 2 N–H and O–H groups in total. The third-order valence-corrected chi connectivity index (χ3v) is 3.59. The zero-order valence-corrected chi connectivity index (χ0v) is 12.1. The molecule has 0 radical (unpaired) electrons. The molecule has 1 atom stereocenters. The molecule has 0 spiro atoms. The number of methoxy groups -OCH3 is 1. The summed E-state index contributed by atoms with van der Waals surface area (Å²) in [7, 11) is 1.72. The van der Waals surface area contributed by atoms with Crippen LogP contribution in [-0.4, -0.2) is 38.4 Å². The fourth-order valence-electron chi connectivity index (χ4n) is 2.37. The van der Waals surface area contributed by atoms with E-state index in [4.69, 9.17) is 9.47 Å². The van der Waals surface area contributed by atoms with Gasteiger partial charge < -0.3 is 20.1 Å². The van der Waals surface area contributed by atoms with Crippen molar-refractivity contribution in [2.75, 3.05) is 32.2 Å². The van der Waals surface area contributed by atoms with Crippen LogP contribution in [0.3, 0.4) is 0 Å². The van der Waals surface area contributed by atoms with Gasteiger partial charge in [-0.2, -0.15) is 0 Å². The summed E-state index contributed by atoms with van der Waals surface area (Å²) in [5, 5.41) is 6.23. The Morgan fingerprint density at radius 3 is 2.90 bits per heavy atom. The van der Waals surface area contributed by atoms with Crippen molar-refractivity contribution in [1.82, 2.24) is 5.32 Å². The van der Waals surface area contributed by atoms with Gasteiger partial charge >= 0.3 is 0 Å². The van der Waals surface area contributed by atoms with E-state index in [1.807, 2.05) is 24.3 Å². The van der Waals surface area contributed by atoms with Crippen molar-refractivity contribution in [2.24, 2.45) is 0 Å². The molecule has 1 aromatic carbocycles. The van der Waals surface area contributed by atoms with Gasteiger partial charge in [0.25, 0.3) is 0 Å². The van der Waals surface area contributed by atoms with Crippen LogP contribution in [-0.2, 0) is 20.8 Å². The summed E-state index contributed by atoms with van der Waals surface area (Å²) in [5.74, 6) is -0.0602. The smallest absolute Gasteiger partial charge is 0.221 e. The third kappa shape index (κ3) is 3.79. The quantitative estimate of drug-likeness (QED) is 0.828. The SMILES string of the molecule is COC1(CNCc2ccccc2NC(C)=O)CCOC1. The zero-order chi connectivity index (χ0) is 14.4. The predicted molar refractivity (Wildman–Crippen MR) is 77.6 cm³/mol. The highest BCUT2D eigenvalue weighted by atomic mass is 16.5. The number of rotatable bonds is 6. The first-order valence-corrected chi connectivity index (χ1v) is 6.84. The number of carbonyl (C=O) groups is 1. The van der Waals surface area contributed by atoms with Crippen molar-refractivity contribution >= 4 is 11.6 Å². The van der Waals surface area contributed by atoms with E-state index in [9.17, 15) is 4.79 Å². The summed E-state index contributed by atoms with van der Waals surface area (Å²) in [6.07, 6.45) is 0.907. The number of ether oxygens (including phenoxy) is 2. The minimum absolute atomic E-state index is 0.0602. The monoisotopic (exact) mass is 278 g/mol. The molecule has 1 unspecified atom stereocenters. The van der Waals surface area contributed by atoms with E-state index in [1.54, 1.807) is 7.11 Å². The Kier molecular flexibility index (Phi) is 5.11. The van der Waals surface area contributed by atoms with Crippen LogP contribution in [0.1, 0.15) is 18.9 Å². The summed E-state index contributed by atoms with van der Waals surface area (Å²) in [5.41, 5.74) is 1.69. The number of hydrogen-bond acceptors (Lipinski definition) is 4. The summed E-state index contributed by atoms with van der Waals surface area (Å²) in [6, 6.07) is 7.79. The van der Waals surface area contributed by atoms with E-state index in [2.05, 4.69) is 10.6 Å². The van der Waals surface area contributed by atoms with Crippen LogP contribution < -0.4 is 10.6 Å². The highest BCUT2D eigenvalue weighted by molar-refractivity contribution is 5.89. The first-order valence-electron chi connectivity index (χ1n) is 6.84. The van der Waals surface area contributed by atoms with E-state index < -0.39 is 0 Å². The van der Waals surface area contributed by atoms with Gasteiger partial charge in [-0.15, -0.1) is 0 Å². The molecule has 5 heteroatoms. The molecule has 1 amide bonds. The highest BCUT2D eigenvalue weighted by Crippen LogP contribution is 2.22. The van der Waals surface area contributed by atoms with E-state index in [-0.39, 0.29) is 11.5 Å². The highest BCUT2D eigenvalue weighted by Gasteiger charge is 2.34. The van der Waals surface area contributed by atoms with Crippen molar-refractivity contribution in [3.05, 3.63) is 29.8 Å².